The van der Waals surface area contributed by atoms with Crippen molar-refractivity contribution in [1.29, 1.82) is 0 Å². The highest BCUT2D eigenvalue weighted by Gasteiger charge is 2.21. The highest BCUT2D eigenvalue weighted by atomic mass is 79.9. The third-order valence-electron chi connectivity index (χ3n) is 6.75. The zero-order chi connectivity index (χ0) is 38.0. The van der Waals surface area contributed by atoms with Gasteiger partial charge in [-0.1, -0.05) is 105 Å². The molecule has 0 aliphatic heterocycles. The van der Waals surface area contributed by atoms with Gasteiger partial charge in [0.15, 0.2) is 18.3 Å². The lowest BCUT2D eigenvalue weighted by molar-refractivity contribution is -0.152. The van der Waals surface area contributed by atoms with Crippen LogP contribution in [-0.4, -0.2) is 56.0 Å². The maximum atomic E-state index is 11.6. The van der Waals surface area contributed by atoms with Crippen LogP contribution in [0.3, 0.4) is 0 Å². The second-order valence-corrected chi connectivity index (χ2v) is 12.3. The van der Waals surface area contributed by atoms with Gasteiger partial charge in [0.05, 0.1) is 19.8 Å². The molecule has 0 radical (unpaired) electrons. The Morgan fingerprint density at radius 2 is 0.725 bits per heavy atom. The monoisotopic (exact) mass is 900 g/mol. The fourth-order valence-electron chi connectivity index (χ4n) is 4.20. The van der Waals surface area contributed by atoms with Crippen molar-refractivity contribution in [2.24, 2.45) is 0 Å². The van der Waals surface area contributed by atoms with E-state index in [1.165, 1.54) is 0 Å². The molecule has 0 fully saturated rings. The molecule has 0 saturated heterocycles. The molecule has 0 aliphatic rings. The Morgan fingerprint density at radius 3 is 0.922 bits per heavy atom. The molecule has 0 amide bonds. The van der Waals surface area contributed by atoms with Crippen LogP contribution in [0.4, 0.5) is 0 Å². The SMILES string of the molecule is CCOC(=O)C(CC)Oc1cccc(CBr)c1.CCOC(=O)[C@@H](CC)Oc1cccc(CBr)c1.CCOC(=O)[C@H](CC)Oc1cccc(CBr)c1. The molecule has 3 atom stereocenters. The first kappa shape index (κ1) is 45.9. The first-order valence-electron chi connectivity index (χ1n) is 17.1. The number of hydrogen-bond donors (Lipinski definition) is 0. The fraction of sp³-hybridized carbons (Fsp3) is 0.462. The Morgan fingerprint density at radius 1 is 0.471 bits per heavy atom. The van der Waals surface area contributed by atoms with E-state index in [9.17, 15) is 14.4 Å². The van der Waals surface area contributed by atoms with Crippen LogP contribution in [0.1, 0.15) is 77.5 Å². The van der Waals surface area contributed by atoms with Gasteiger partial charge in [-0.25, -0.2) is 14.4 Å². The molecule has 12 heteroatoms. The second-order valence-electron chi connectivity index (χ2n) is 10.6. The van der Waals surface area contributed by atoms with Crippen molar-refractivity contribution in [2.75, 3.05) is 19.8 Å². The summed E-state index contributed by atoms with van der Waals surface area (Å²) < 4.78 is 31.7. The third-order valence-corrected chi connectivity index (χ3v) is 8.70. The van der Waals surface area contributed by atoms with Gasteiger partial charge in [-0.3, -0.25) is 0 Å². The van der Waals surface area contributed by atoms with Crippen LogP contribution in [0, 0.1) is 0 Å². The number of carbonyl (C=O) groups excluding carboxylic acids is 3. The predicted octanol–water partition coefficient (Wildman–Crippen LogP) is 9.91. The normalized spacial score (nSPS) is 11.9. The van der Waals surface area contributed by atoms with Crippen LogP contribution in [-0.2, 0) is 44.6 Å². The summed E-state index contributed by atoms with van der Waals surface area (Å²) in [6, 6.07) is 23.0. The van der Waals surface area contributed by atoms with Gasteiger partial charge >= 0.3 is 17.9 Å². The molecule has 282 valence electrons. The molecule has 1 unspecified atom stereocenters. The van der Waals surface area contributed by atoms with Crippen molar-refractivity contribution in [3.63, 3.8) is 0 Å². The molecule has 0 N–H and O–H groups in total. The summed E-state index contributed by atoms with van der Waals surface area (Å²) in [4.78, 5) is 34.7. The number of ether oxygens (including phenoxy) is 6. The molecule has 0 spiro atoms. The van der Waals surface area contributed by atoms with Gasteiger partial charge in [0.25, 0.3) is 0 Å². The third kappa shape index (κ3) is 18.3. The highest BCUT2D eigenvalue weighted by molar-refractivity contribution is 9.09. The van der Waals surface area contributed by atoms with E-state index in [1.807, 2.05) is 93.6 Å². The van der Waals surface area contributed by atoms with Crippen LogP contribution in [0.5, 0.6) is 17.2 Å². The molecule has 51 heavy (non-hydrogen) atoms. The molecular weight excluding hydrogens is 852 g/mol. The topological polar surface area (TPSA) is 107 Å². The van der Waals surface area contributed by atoms with E-state index in [1.54, 1.807) is 20.8 Å². The molecular formula is C39H51Br3O9. The number of halogens is 3. The summed E-state index contributed by atoms with van der Waals surface area (Å²) in [5, 5.41) is 2.29. The van der Waals surface area contributed by atoms with E-state index in [0.717, 1.165) is 32.7 Å². The summed E-state index contributed by atoms with van der Waals surface area (Å²) in [7, 11) is 0. The number of benzene rings is 3. The highest BCUT2D eigenvalue weighted by Crippen LogP contribution is 2.20. The van der Waals surface area contributed by atoms with Crippen molar-refractivity contribution in [2.45, 2.75) is 95.1 Å². The molecule has 3 rings (SSSR count). The Labute approximate surface area is 328 Å². The Kier molecular flexibility index (Phi) is 24.8. The molecule has 0 saturated carbocycles. The molecule has 3 aromatic rings. The second kappa shape index (κ2) is 27.5. The van der Waals surface area contributed by atoms with E-state index >= 15 is 0 Å². The van der Waals surface area contributed by atoms with Crippen LogP contribution in [0.2, 0.25) is 0 Å². The summed E-state index contributed by atoms with van der Waals surface area (Å²) in [6.07, 6.45) is 0.202. The predicted molar refractivity (Wildman–Crippen MR) is 211 cm³/mol. The van der Waals surface area contributed by atoms with Gasteiger partial charge in [-0.05, 0) is 93.1 Å². The largest absolute Gasteiger partial charge is 0.479 e. The van der Waals surface area contributed by atoms with Crippen molar-refractivity contribution < 1.29 is 42.8 Å². The molecule has 0 heterocycles. The van der Waals surface area contributed by atoms with Crippen molar-refractivity contribution >= 4 is 65.7 Å². The summed E-state index contributed by atoms with van der Waals surface area (Å²) >= 11 is 10.1. The van der Waals surface area contributed by atoms with Crippen LogP contribution in [0.15, 0.2) is 72.8 Å². The number of alkyl halides is 3. The lowest BCUT2D eigenvalue weighted by Crippen LogP contribution is -2.28. The first-order chi connectivity index (χ1) is 24.6. The summed E-state index contributed by atoms with van der Waals surface area (Å²) in [5.74, 6) is 1.17. The van der Waals surface area contributed by atoms with Crippen molar-refractivity contribution in [1.82, 2.24) is 0 Å². The molecule has 0 aromatic heterocycles. The van der Waals surface area contributed by atoms with Gasteiger partial charge in [-0.2, -0.15) is 0 Å². The number of hydrogen-bond acceptors (Lipinski definition) is 9. The van der Waals surface area contributed by atoms with Gasteiger partial charge < -0.3 is 28.4 Å². The first-order valence-corrected chi connectivity index (χ1v) is 20.4. The van der Waals surface area contributed by atoms with Gasteiger partial charge in [0.1, 0.15) is 17.2 Å². The molecule has 3 aromatic carbocycles. The van der Waals surface area contributed by atoms with E-state index in [2.05, 4.69) is 47.8 Å². The molecule has 0 aliphatic carbocycles. The smallest absolute Gasteiger partial charge is 0.347 e. The fourth-order valence-corrected chi connectivity index (χ4v) is 5.24. The minimum Gasteiger partial charge on any atom is -0.479 e. The van der Waals surface area contributed by atoms with Gasteiger partial charge in [-0.15, -0.1) is 0 Å². The van der Waals surface area contributed by atoms with Crippen LogP contribution < -0.4 is 14.2 Å². The minimum atomic E-state index is -0.527. The Bertz CT molecular complexity index is 1270. The summed E-state index contributed by atoms with van der Waals surface area (Å²) in [6.45, 7) is 12.2. The Balaban J connectivity index is 0.000000382. The standard InChI is InChI=1S/3C13H17BrO3/c3*1-3-12(13(15)16-4-2)17-11-7-5-6-10(8-11)9-14/h3*5-8,12H,3-4,9H2,1-2H3/t2*12-;/m10./s1. The maximum absolute atomic E-state index is 11.6. The number of carbonyl (C=O) groups is 3. The van der Waals surface area contributed by atoms with Crippen molar-refractivity contribution in [3.8, 4) is 17.2 Å². The zero-order valence-electron chi connectivity index (χ0n) is 30.3. The van der Waals surface area contributed by atoms with E-state index in [4.69, 9.17) is 28.4 Å². The zero-order valence-corrected chi connectivity index (χ0v) is 35.1. The Hall–Kier alpha value is -3.09. The average Bonchev–Trinajstić information content (AvgIpc) is 3.16. The van der Waals surface area contributed by atoms with E-state index < -0.39 is 18.3 Å². The van der Waals surface area contributed by atoms with Crippen LogP contribution >= 0.6 is 47.8 Å². The number of esters is 3. The van der Waals surface area contributed by atoms with Crippen LogP contribution in [0.25, 0.3) is 0 Å². The molecule has 9 nitrogen and oxygen atoms in total. The lowest BCUT2D eigenvalue weighted by atomic mass is 10.2. The minimum absolute atomic E-state index is 0.306. The van der Waals surface area contributed by atoms with Crippen molar-refractivity contribution in [3.05, 3.63) is 89.5 Å². The maximum Gasteiger partial charge on any atom is 0.347 e. The van der Waals surface area contributed by atoms with Gasteiger partial charge in [0, 0.05) is 16.0 Å². The lowest BCUT2D eigenvalue weighted by Gasteiger charge is -2.16. The summed E-state index contributed by atoms with van der Waals surface area (Å²) in [5.41, 5.74) is 3.34. The quantitative estimate of drug-likeness (QED) is 0.0701. The van der Waals surface area contributed by atoms with Gasteiger partial charge in [0.2, 0.25) is 0 Å². The van der Waals surface area contributed by atoms with E-state index in [0.29, 0.717) is 56.3 Å². The average molecular weight is 904 g/mol. The number of rotatable bonds is 18. The molecule has 0 bridgehead atoms. The van der Waals surface area contributed by atoms with E-state index in [-0.39, 0.29) is 17.9 Å².